The van der Waals surface area contributed by atoms with Crippen molar-refractivity contribution in [1.29, 1.82) is 0 Å². The normalized spacial score (nSPS) is 22.3. The van der Waals surface area contributed by atoms with Crippen LogP contribution in [0.15, 0.2) is 12.4 Å². The number of aromatic nitrogens is 2. The summed E-state index contributed by atoms with van der Waals surface area (Å²) in [5.74, 6) is 0.273. The third-order valence-electron chi connectivity index (χ3n) is 6.62. The zero-order valence-corrected chi connectivity index (χ0v) is 22.5. The predicted octanol–water partition coefficient (Wildman–Crippen LogP) is 2.02. The largest absolute Gasteiger partial charge is 0.498 e. The first-order valence-corrected chi connectivity index (χ1v) is 12.3. The number of amides is 2. The van der Waals surface area contributed by atoms with E-state index in [4.69, 9.17) is 14.0 Å². The van der Waals surface area contributed by atoms with Gasteiger partial charge in [-0.2, -0.15) is 0 Å². The van der Waals surface area contributed by atoms with E-state index in [1.165, 1.54) is 0 Å². The molecule has 2 aliphatic rings. The van der Waals surface area contributed by atoms with E-state index in [0.29, 0.717) is 19.0 Å². The van der Waals surface area contributed by atoms with E-state index in [1.54, 1.807) is 33.2 Å². The summed E-state index contributed by atoms with van der Waals surface area (Å²) >= 11 is 0. The summed E-state index contributed by atoms with van der Waals surface area (Å²) in [5, 5.41) is 5.75. The quantitative estimate of drug-likeness (QED) is 0.584. The van der Waals surface area contributed by atoms with Gasteiger partial charge in [0, 0.05) is 37.0 Å². The molecule has 194 valence electrons. The van der Waals surface area contributed by atoms with E-state index in [2.05, 4.69) is 20.6 Å². The van der Waals surface area contributed by atoms with Crippen molar-refractivity contribution in [1.82, 2.24) is 20.6 Å². The molecule has 0 saturated carbocycles. The van der Waals surface area contributed by atoms with E-state index in [0.717, 1.165) is 11.9 Å². The van der Waals surface area contributed by atoms with Crippen LogP contribution in [0.5, 0.6) is 0 Å². The average Bonchev–Trinajstić information content (AvgIpc) is 3.26. The molecule has 3 rings (SSSR count). The number of rotatable bonds is 6. The van der Waals surface area contributed by atoms with E-state index < -0.39 is 36.1 Å². The van der Waals surface area contributed by atoms with Gasteiger partial charge in [-0.3, -0.25) is 4.79 Å². The van der Waals surface area contributed by atoms with Crippen LogP contribution in [-0.2, 0) is 18.8 Å². The minimum Gasteiger partial charge on any atom is -0.444 e. The molecule has 35 heavy (non-hydrogen) atoms. The van der Waals surface area contributed by atoms with E-state index in [1.807, 2.05) is 46.4 Å². The first kappa shape index (κ1) is 27.2. The number of hydrogen-bond acceptors (Lipinski definition) is 8. The highest BCUT2D eigenvalue weighted by atomic mass is 16.7. The molecule has 1 aromatic rings. The molecule has 0 spiro atoms. The number of carbonyl (C=O) groups excluding carboxylic acids is 2. The summed E-state index contributed by atoms with van der Waals surface area (Å²) in [7, 11) is -0.509. The fourth-order valence-electron chi connectivity index (χ4n) is 3.92. The van der Waals surface area contributed by atoms with Gasteiger partial charge in [-0.05, 0) is 60.8 Å². The van der Waals surface area contributed by atoms with E-state index >= 15 is 0 Å². The van der Waals surface area contributed by atoms with Crippen molar-refractivity contribution in [2.24, 2.45) is 5.92 Å². The van der Waals surface area contributed by atoms with Crippen molar-refractivity contribution < 1.29 is 23.6 Å². The molecule has 0 aliphatic carbocycles. The zero-order chi connectivity index (χ0) is 26.2. The molecule has 10 nitrogen and oxygen atoms in total. The Morgan fingerprint density at radius 3 is 2.23 bits per heavy atom. The van der Waals surface area contributed by atoms with Crippen LogP contribution >= 0.6 is 0 Å². The first-order valence-electron chi connectivity index (χ1n) is 12.3. The molecule has 0 bridgehead atoms. The summed E-state index contributed by atoms with van der Waals surface area (Å²) in [6.45, 7) is 18.5. The number of carbonyl (C=O) groups is 2. The number of alkyl carbamates (subject to hydrolysis) is 1. The molecular formula is C24H40BN5O5. The van der Waals surface area contributed by atoms with Gasteiger partial charge in [-0.25, -0.2) is 14.8 Å². The Morgan fingerprint density at radius 1 is 1.14 bits per heavy atom. The van der Waals surface area contributed by atoms with Crippen LogP contribution < -0.4 is 21.0 Å². The minimum absolute atomic E-state index is 0.0736. The third-order valence-corrected chi connectivity index (χ3v) is 6.62. The van der Waals surface area contributed by atoms with Gasteiger partial charge in [0.15, 0.2) is 0 Å². The van der Waals surface area contributed by atoms with Gasteiger partial charge < -0.3 is 29.6 Å². The van der Waals surface area contributed by atoms with Crippen LogP contribution in [0.3, 0.4) is 0 Å². The van der Waals surface area contributed by atoms with Crippen LogP contribution in [0.25, 0.3) is 0 Å². The Balaban J connectivity index is 1.56. The SMILES string of the molecule is CC(C)C(NC(=O)OC(C)(C)C)C(=O)NC1CCN(c2ncc(B3OC(C)(C)C(C)(C)O3)cn2)C1. The topological polar surface area (TPSA) is 115 Å². The maximum Gasteiger partial charge on any atom is 0.498 e. The summed E-state index contributed by atoms with van der Waals surface area (Å²) < 4.78 is 17.4. The molecular weight excluding hydrogens is 449 g/mol. The van der Waals surface area contributed by atoms with E-state index in [-0.39, 0.29) is 17.9 Å². The summed E-state index contributed by atoms with van der Waals surface area (Å²) in [5.41, 5.74) is -0.720. The van der Waals surface area contributed by atoms with Gasteiger partial charge in [0.2, 0.25) is 11.9 Å². The Bertz CT molecular complexity index is 900. The maximum atomic E-state index is 12.9. The van der Waals surface area contributed by atoms with Crippen molar-refractivity contribution in [3.05, 3.63) is 12.4 Å². The Hall–Kier alpha value is -2.40. The predicted molar refractivity (Wildman–Crippen MR) is 135 cm³/mol. The Labute approximate surface area is 209 Å². The van der Waals surface area contributed by atoms with Gasteiger partial charge >= 0.3 is 13.2 Å². The highest BCUT2D eigenvalue weighted by Crippen LogP contribution is 2.36. The van der Waals surface area contributed by atoms with Crippen molar-refractivity contribution in [2.75, 3.05) is 18.0 Å². The average molecular weight is 489 g/mol. The molecule has 3 heterocycles. The highest BCUT2D eigenvalue weighted by molar-refractivity contribution is 6.61. The molecule has 2 atom stereocenters. The first-order chi connectivity index (χ1) is 16.1. The molecule has 1 aromatic heterocycles. The minimum atomic E-state index is -0.686. The fourth-order valence-corrected chi connectivity index (χ4v) is 3.92. The smallest absolute Gasteiger partial charge is 0.444 e. The maximum absolute atomic E-state index is 12.9. The molecule has 11 heteroatoms. The molecule has 0 radical (unpaired) electrons. The van der Waals surface area contributed by atoms with Gasteiger partial charge in [0.1, 0.15) is 11.6 Å². The van der Waals surface area contributed by atoms with Crippen molar-refractivity contribution in [2.45, 2.75) is 97.6 Å². The molecule has 2 fully saturated rings. The lowest BCUT2D eigenvalue weighted by Crippen LogP contribution is -2.53. The molecule has 2 saturated heterocycles. The van der Waals surface area contributed by atoms with E-state index in [9.17, 15) is 9.59 Å². The second-order valence-corrected chi connectivity index (χ2v) is 11.7. The van der Waals surface area contributed by atoms with Crippen LogP contribution in [0.1, 0.15) is 68.7 Å². The van der Waals surface area contributed by atoms with Gasteiger partial charge in [0.05, 0.1) is 11.2 Å². The summed E-state index contributed by atoms with van der Waals surface area (Å²) in [6.07, 6.45) is 3.62. The van der Waals surface area contributed by atoms with Gasteiger partial charge in [-0.15, -0.1) is 0 Å². The number of anilines is 1. The lowest BCUT2D eigenvalue weighted by atomic mass is 9.81. The Morgan fingerprint density at radius 2 is 1.71 bits per heavy atom. The van der Waals surface area contributed by atoms with Crippen LogP contribution in [0.2, 0.25) is 0 Å². The number of ether oxygens (including phenoxy) is 1. The van der Waals surface area contributed by atoms with Crippen LogP contribution in [0.4, 0.5) is 10.7 Å². The molecule has 0 aromatic carbocycles. The standard InChI is InChI=1S/C24H40BN5O5/c1-15(2)18(29-21(32)33-22(3,4)5)19(31)28-17-10-11-30(14-17)20-26-12-16(13-27-20)25-34-23(6,7)24(8,9)35-25/h12-13,15,17-18H,10-11,14H2,1-9H3,(H,28,31)(H,29,32). The fraction of sp³-hybridized carbons (Fsp3) is 0.750. The number of nitrogens with one attached hydrogen (secondary N) is 2. The van der Waals surface area contributed by atoms with Crippen molar-refractivity contribution >= 4 is 30.5 Å². The van der Waals surface area contributed by atoms with Gasteiger partial charge in [0.25, 0.3) is 0 Å². The second kappa shape index (κ2) is 9.93. The van der Waals surface area contributed by atoms with Crippen LogP contribution in [0, 0.1) is 5.92 Å². The monoisotopic (exact) mass is 489 g/mol. The zero-order valence-electron chi connectivity index (χ0n) is 22.5. The highest BCUT2D eigenvalue weighted by Gasteiger charge is 2.52. The summed E-state index contributed by atoms with van der Waals surface area (Å²) in [4.78, 5) is 36.2. The lowest BCUT2D eigenvalue weighted by Gasteiger charge is -2.32. The molecule has 2 unspecified atom stereocenters. The number of hydrogen-bond donors (Lipinski definition) is 2. The molecule has 2 amide bonds. The van der Waals surface area contributed by atoms with Gasteiger partial charge in [-0.1, -0.05) is 13.8 Å². The third kappa shape index (κ3) is 6.64. The van der Waals surface area contributed by atoms with Crippen molar-refractivity contribution in [3.8, 4) is 0 Å². The second-order valence-electron chi connectivity index (χ2n) is 11.7. The lowest BCUT2D eigenvalue weighted by molar-refractivity contribution is -0.124. The Kier molecular flexibility index (Phi) is 7.71. The molecule has 2 N–H and O–H groups in total. The van der Waals surface area contributed by atoms with Crippen LogP contribution in [-0.4, -0.2) is 71.1 Å². The summed E-state index contributed by atoms with van der Waals surface area (Å²) in [6, 6.07) is -0.759. The van der Waals surface area contributed by atoms with Crippen molar-refractivity contribution in [3.63, 3.8) is 0 Å². The molecule has 2 aliphatic heterocycles. The number of nitrogens with zero attached hydrogens (tertiary/aromatic N) is 3.